The van der Waals surface area contributed by atoms with Gasteiger partial charge in [0, 0.05) is 42.2 Å². The van der Waals surface area contributed by atoms with Gasteiger partial charge in [0.05, 0.1) is 28.4 Å². The number of esters is 1. The smallest absolute Gasteiger partial charge is 0.336 e. The number of nitro benzene ring substituents is 1. The molecule has 13 heteroatoms. The standard InChI is InChI=1S/C18H22N4O5.C7H8O3S/c1-10-14(17(23)20-8-7-19)16(15(11(2)21-10)18(24)27-3)12-5-4-6-13(9-12)22(25)26;1-6-2-4-7(5-3-6)11(8,9)10/h4-6,9,16,21H,7-8,19H2,1-3H3,(H,20,23);2-5H,1H3,(H,8,9,10). The number of benzene rings is 2. The summed E-state index contributed by atoms with van der Waals surface area (Å²) in [6.07, 6.45) is 0. The molecule has 0 saturated carbocycles. The molecule has 0 radical (unpaired) electrons. The minimum atomic E-state index is -4.02. The molecule has 0 aromatic heterocycles. The molecule has 38 heavy (non-hydrogen) atoms. The van der Waals surface area contributed by atoms with Gasteiger partial charge in [-0.05, 0) is 38.5 Å². The highest BCUT2D eigenvalue weighted by atomic mass is 32.2. The third-order valence-corrected chi connectivity index (χ3v) is 6.44. The van der Waals surface area contributed by atoms with Crippen LogP contribution in [-0.2, 0) is 24.4 Å². The number of amides is 1. The lowest BCUT2D eigenvalue weighted by Crippen LogP contribution is -2.38. The Morgan fingerprint density at radius 2 is 1.71 bits per heavy atom. The molecule has 1 unspecified atom stereocenters. The van der Waals surface area contributed by atoms with Crippen LogP contribution in [0, 0.1) is 17.0 Å². The van der Waals surface area contributed by atoms with Gasteiger partial charge in [0.2, 0.25) is 5.91 Å². The van der Waals surface area contributed by atoms with Crippen LogP contribution in [0.25, 0.3) is 0 Å². The van der Waals surface area contributed by atoms with Gasteiger partial charge in [-0.25, -0.2) is 4.79 Å². The minimum absolute atomic E-state index is 0.0666. The molecule has 5 N–H and O–H groups in total. The number of allylic oxidation sites excluding steroid dienone is 2. The van der Waals surface area contributed by atoms with Gasteiger partial charge in [-0.3, -0.25) is 19.5 Å². The fraction of sp³-hybridized carbons (Fsp3) is 0.280. The van der Waals surface area contributed by atoms with Gasteiger partial charge in [-0.2, -0.15) is 8.42 Å². The van der Waals surface area contributed by atoms with Crippen molar-refractivity contribution >= 4 is 27.7 Å². The van der Waals surface area contributed by atoms with Crippen LogP contribution in [0.2, 0.25) is 0 Å². The van der Waals surface area contributed by atoms with E-state index in [0.29, 0.717) is 17.0 Å². The van der Waals surface area contributed by atoms with E-state index in [-0.39, 0.29) is 34.8 Å². The number of non-ortho nitro benzene ring substituents is 1. The van der Waals surface area contributed by atoms with E-state index in [1.54, 1.807) is 32.0 Å². The Kier molecular flexibility index (Phi) is 10.3. The zero-order chi connectivity index (χ0) is 28.6. The number of dihydropyridines is 1. The first-order chi connectivity index (χ1) is 17.8. The quantitative estimate of drug-likeness (QED) is 0.173. The first-order valence-electron chi connectivity index (χ1n) is 11.3. The summed E-state index contributed by atoms with van der Waals surface area (Å²) in [5.41, 5.74) is 8.30. The summed E-state index contributed by atoms with van der Waals surface area (Å²) >= 11 is 0. The van der Waals surface area contributed by atoms with Crippen molar-refractivity contribution in [3.63, 3.8) is 0 Å². The monoisotopic (exact) mass is 546 g/mol. The summed E-state index contributed by atoms with van der Waals surface area (Å²) < 4.78 is 34.4. The first-order valence-corrected chi connectivity index (χ1v) is 12.8. The molecule has 1 aliphatic rings. The predicted molar refractivity (Wildman–Crippen MR) is 139 cm³/mol. The zero-order valence-corrected chi connectivity index (χ0v) is 22.2. The van der Waals surface area contributed by atoms with E-state index in [0.717, 1.165) is 5.56 Å². The van der Waals surface area contributed by atoms with Crippen LogP contribution in [0.5, 0.6) is 0 Å². The number of nitrogens with zero attached hydrogens (tertiary/aromatic N) is 1. The number of rotatable bonds is 7. The van der Waals surface area contributed by atoms with Crippen molar-refractivity contribution in [1.82, 2.24) is 10.6 Å². The molecule has 2 aromatic rings. The highest BCUT2D eigenvalue weighted by Crippen LogP contribution is 2.39. The Labute approximate surface area is 220 Å². The molecule has 0 saturated heterocycles. The molecule has 3 rings (SSSR count). The zero-order valence-electron chi connectivity index (χ0n) is 21.3. The number of hydrogen-bond acceptors (Lipinski definition) is 9. The van der Waals surface area contributed by atoms with Gasteiger partial charge < -0.3 is 21.1 Å². The molecule has 1 atom stereocenters. The Morgan fingerprint density at radius 1 is 1.11 bits per heavy atom. The van der Waals surface area contributed by atoms with Crippen LogP contribution < -0.4 is 16.4 Å². The molecule has 12 nitrogen and oxygen atoms in total. The maximum atomic E-state index is 12.8. The van der Waals surface area contributed by atoms with Crippen molar-refractivity contribution in [3.05, 3.63) is 92.3 Å². The van der Waals surface area contributed by atoms with Crippen LogP contribution in [0.4, 0.5) is 5.69 Å². The van der Waals surface area contributed by atoms with Crippen molar-refractivity contribution < 1.29 is 32.2 Å². The molecule has 2 aromatic carbocycles. The van der Waals surface area contributed by atoms with E-state index < -0.39 is 32.8 Å². The maximum absolute atomic E-state index is 12.8. The summed E-state index contributed by atoms with van der Waals surface area (Å²) in [5, 5.41) is 16.9. The third-order valence-electron chi connectivity index (χ3n) is 5.57. The SMILES string of the molecule is COC(=O)C1=C(C)NC(C)=C(C(=O)NCCN)C1c1cccc([N+](=O)[O-])c1.Cc1ccc(S(=O)(=O)O)cc1. The van der Waals surface area contributed by atoms with Crippen molar-refractivity contribution in [3.8, 4) is 0 Å². The van der Waals surface area contributed by atoms with Crippen molar-refractivity contribution in [2.24, 2.45) is 5.73 Å². The average Bonchev–Trinajstić information content (AvgIpc) is 2.86. The lowest BCUT2D eigenvalue weighted by Gasteiger charge is -2.30. The predicted octanol–water partition coefficient (Wildman–Crippen LogP) is 2.32. The number of nitro groups is 1. The Bertz CT molecular complexity index is 1380. The number of hydrogen-bond donors (Lipinski definition) is 4. The molecule has 0 bridgehead atoms. The molecule has 0 spiro atoms. The van der Waals surface area contributed by atoms with Crippen molar-refractivity contribution in [1.29, 1.82) is 0 Å². The highest BCUT2D eigenvalue weighted by Gasteiger charge is 2.37. The Hall–Kier alpha value is -4.07. The van der Waals surface area contributed by atoms with Gasteiger partial charge in [0.25, 0.3) is 15.8 Å². The fourth-order valence-corrected chi connectivity index (χ4v) is 4.30. The van der Waals surface area contributed by atoms with Gasteiger partial charge in [-0.1, -0.05) is 29.8 Å². The first kappa shape index (κ1) is 30.2. The molecule has 0 aliphatic carbocycles. The number of carbonyl (C=O) groups is 2. The summed E-state index contributed by atoms with van der Waals surface area (Å²) in [5.74, 6) is -1.83. The second kappa shape index (κ2) is 12.9. The lowest BCUT2D eigenvalue weighted by molar-refractivity contribution is -0.384. The van der Waals surface area contributed by atoms with Crippen LogP contribution in [0.3, 0.4) is 0 Å². The number of carbonyl (C=O) groups excluding carboxylic acids is 2. The summed E-state index contributed by atoms with van der Waals surface area (Å²) in [6.45, 7) is 5.75. The fourth-order valence-electron chi connectivity index (χ4n) is 3.82. The third kappa shape index (κ3) is 7.47. The largest absolute Gasteiger partial charge is 0.466 e. The lowest BCUT2D eigenvalue weighted by atomic mass is 9.80. The van der Waals surface area contributed by atoms with E-state index >= 15 is 0 Å². The molecule has 204 valence electrons. The Balaban J connectivity index is 0.000000384. The van der Waals surface area contributed by atoms with Crippen LogP contribution in [0.15, 0.2) is 76.0 Å². The normalized spacial score (nSPS) is 15.2. The van der Waals surface area contributed by atoms with E-state index in [2.05, 4.69) is 10.6 Å². The van der Waals surface area contributed by atoms with E-state index in [4.69, 9.17) is 15.0 Å². The molecule has 1 amide bonds. The van der Waals surface area contributed by atoms with E-state index in [1.165, 1.54) is 37.4 Å². The number of methoxy groups -OCH3 is 1. The van der Waals surface area contributed by atoms with Gasteiger partial charge in [0.1, 0.15) is 0 Å². The van der Waals surface area contributed by atoms with Crippen LogP contribution in [0.1, 0.15) is 30.9 Å². The molecule has 0 fully saturated rings. The maximum Gasteiger partial charge on any atom is 0.336 e. The average molecular weight is 547 g/mol. The highest BCUT2D eigenvalue weighted by molar-refractivity contribution is 7.85. The number of ether oxygens (including phenoxy) is 1. The number of aryl methyl sites for hydroxylation is 1. The summed E-state index contributed by atoms with van der Waals surface area (Å²) in [4.78, 5) is 35.8. The topological polar surface area (TPSA) is 191 Å². The summed E-state index contributed by atoms with van der Waals surface area (Å²) in [7, 11) is -2.78. The van der Waals surface area contributed by atoms with Crippen LogP contribution >= 0.6 is 0 Å². The summed E-state index contributed by atoms with van der Waals surface area (Å²) in [6, 6.07) is 11.9. The van der Waals surface area contributed by atoms with Gasteiger partial charge >= 0.3 is 5.97 Å². The second-order valence-electron chi connectivity index (χ2n) is 8.31. The van der Waals surface area contributed by atoms with E-state index in [9.17, 15) is 28.1 Å². The number of nitrogens with two attached hydrogens (primary N) is 1. The van der Waals surface area contributed by atoms with Crippen molar-refractivity contribution in [2.45, 2.75) is 31.6 Å². The minimum Gasteiger partial charge on any atom is -0.466 e. The number of nitrogens with one attached hydrogen (secondary N) is 2. The second-order valence-corrected chi connectivity index (χ2v) is 9.73. The van der Waals surface area contributed by atoms with Gasteiger partial charge in [-0.15, -0.1) is 0 Å². The van der Waals surface area contributed by atoms with Gasteiger partial charge in [0.15, 0.2) is 0 Å². The Morgan fingerprint density at radius 3 is 2.24 bits per heavy atom. The molecule has 1 heterocycles. The van der Waals surface area contributed by atoms with Crippen LogP contribution in [-0.4, -0.2) is 50.0 Å². The molecular weight excluding hydrogens is 516 g/mol. The molecular formula is C25H30N4O8S. The van der Waals surface area contributed by atoms with Crippen molar-refractivity contribution in [2.75, 3.05) is 20.2 Å². The molecule has 1 aliphatic heterocycles. The van der Waals surface area contributed by atoms with E-state index in [1.807, 2.05) is 6.92 Å².